The average molecular weight is 299 g/mol. The van der Waals surface area contributed by atoms with Crippen LogP contribution in [0.15, 0.2) is 36.5 Å². The van der Waals surface area contributed by atoms with Gasteiger partial charge in [-0.25, -0.2) is 4.98 Å². The highest BCUT2D eigenvalue weighted by Crippen LogP contribution is 2.48. The lowest BCUT2D eigenvalue weighted by Gasteiger charge is -2.19. The van der Waals surface area contributed by atoms with E-state index in [0.717, 1.165) is 18.2 Å². The lowest BCUT2D eigenvalue weighted by molar-refractivity contribution is -0.384. The molecule has 1 aliphatic rings. The van der Waals surface area contributed by atoms with Crippen molar-refractivity contribution in [3.63, 3.8) is 0 Å². The maximum atomic E-state index is 10.8. The van der Waals surface area contributed by atoms with E-state index in [9.17, 15) is 10.1 Å². The molecule has 1 heterocycles. The molecule has 0 bridgehead atoms. The number of nitrogens with two attached hydrogens (primary N) is 1. The number of hydrogen-bond donors (Lipinski definition) is 2. The minimum atomic E-state index is -0.587. The Balaban J connectivity index is 1.85. The average Bonchev–Trinajstić information content (AvgIpc) is 3.22. The van der Waals surface area contributed by atoms with Crippen LogP contribution in [0.4, 0.5) is 17.5 Å². The van der Waals surface area contributed by atoms with Gasteiger partial charge in [-0.2, -0.15) is 4.98 Å². The first-order chi connectivity index (χ1) is 10.6. The molecule has 0 amide bonds. The van der Waals surface area contributed by atoms with Crippen molar-refractivity contribution in [3.05, 3.63) is 52.2 Å². The van der Waals surface area contributed by atoms with Gasteiger partial charge in [0.1, 0.15) is 6.20 Å². The van der Waals surface area contributed by atoms with Crippen molar-refractivity contribution in [2.45, 2.75) is 19.4 Å². The maximum Gasteiger partial charge on any atom is 0.329 e. The largest absolute Gasteiger partial charge is 0.378 e. The van der Waals surface area contributed by atoms with Crippen LogP contribution < -0.4 is 11.1 Å². The molecule has 0 aliphatic heterocycles. The van der Waals surface area contributed by atoms with Crippen molar-refractivity contribution in [2.24, 2.45) is 11.8 Å². The van der Waals surface area contributed by atoms with Crippen molar-refractivity contribution < 1.29 is 4.92 Å². The molecule has 0 saturated heterocycles. The first kappa shape index (κ1) is 14.2. The summed E-state index contributed by atoms with van der Waals surface area (Å²) in [5.41, 5.74) is 6.50. The summed E-state index contributed by atoms with van der Waals surface area (Å²) in [4.78, 5) is 18.2. The molecule has 7 nitrogen and oxygen atoms in total. The summed E-state index contributed by atoms with van der Waals surface area (Å²) < 4.78 is 0. The van der Waals surface area contributed by atoms with Crippen LogP contribution in [-0.2, 0) is 0 Å². The molecule has 0 radical (unpaired) electrons. The van der Waals surface area contributed by atoms with Gasteiger partial charge in [-0.3, -0.25) is 10.1 Å². The first-order valence-electron chi connectivity index (χ1n) is 7.14. The molecular formula is C15H17N5O2. The molecule has 1 aromatic heterocycles. The summed E-state index contributed by atoms with van der Waals surface area (Å²) in [7, 11) is 0. The molecule has 3 N–H and O–H groups in total. The number of nitrogen functional groups attached to an aromatic ring is 1. The van der Waals surface area contributed by atoms with E-state index in [2.05, 4.69) is 34.3 Å². The lowest BCUT2D eigenvalue weighted by atomic mass is 10.0. The molecule has 114 valence electrons. The molecule has 1 aromatic carbocycles. The normalized spacial score (nSPS) is 21.1. The van der Waals surface area contributed by atoms with Gasteiger partial charge in [0.2, 0.25) is 11.8 Å². The zero-order chi connectivity index (χ0) is 15.7. The van der Waals surface area contributed by atoms with Gasteiger partial charge >= 0.3 is 5.69 Å². The molecule has 3 unspecified atom stereocenters. The van der Waals surface area contributed by atoms with Crippen LogP contribution in [0.1, 0.15) is 24.9 Å². The number of nitrogens with one attached hydrogen (secondary N) is 1. The molecule has 1 fully saturated rings. The Hall–Kier alpha value is -2.70. The Kier molecular flexibility index (Phi) is 3.62. The molecule has 3 rings (SSSR count). The minimum absolute atomic E-state index is 0.0806. The quantitative estimate of drug-likeness (QED) is 0.649. The van der Waals surface area contributed by atoms with E-state index < -0.39 is 4.92 Å². The minimum Gasteiger partial charge on any atom is -0.378 e. The van der Waals surface area contributed by atoms with E-state index >= 15 is 0 Å². The second-order valence-electron chi connectivity index (χ2n) is 5.63. The van der Waals surface area contributed by atoms with Crippen molar-refractivity contribution >= 4 is 17.5 Å². The zero-order valence-corrected chi connectivity index (χ0v) is 12.1. The predicted molar refractivity (Wildman–Crippen MR) is 83.2 cm³/mol. The molecule has 1 aliphatic carbocycles. The number of anilines is 2. The Morgan fingerprint density at radius 3 is 2.64 bits per heavy atom. The van der Waals surface area contributed by atoms with E-state index in [1.807, 2.05) is 18.2 Å². The van der Waals surface area contributed by atoms with Gasteiger partial charge in [-0.05, 0) is 23.8 Å². The Bertz CT molecular complexity index is 692. The number of rotatable bonds is 5. The SMILES string of the molecule is CC1CC1C(Nc1ncc([N+](=O)[O-])c(N)n1)c1ccccc1. The van der Waals surface area contributed by atoms with Crippen molar-refractivity contribution in [1.82, 2.24) is 9.97 Å². The van der Waals surface area contributed by atoms with Crippen LogP contribution >= 0.6 is 0 Å². The van der Waals surface area contributed by atoms with E-state index in [0.29, 0.717) is 17.8 Å². The highest BCUT2D eigenvalue weighted by atomic mass is 16.6. The standard InChI is InChI=1S/C15H17N5O2/c1-9-7-11(9)13(10-5-3-2-4-6-10)18-15-17-8-12(20(21)22)14(16)19-15/h2-6,8-9,11,13H,7H2,1H3,(H3,16,17,18,19). The highest BCUT2D eigenvalue weighted by Gasteiger charge is 2.40. The summed E-state index contributed by atoms with van der Waals surface area (Å²) in [5, 5.41) is 14.0. The predicted octanol–water partition coefficient (Wildman–Crippen LogP) is 2.78. The third kappa shape index (κ3) is 2.83. The fraction of sp³-hybridized carbons (Fsp3) is 0.333. The fourth-order valence-electron chi connectivity index (χ4n) is 2.65. The number of aromatic nitrogens is 2. The topological polar surface area (TPSA) is 107 Å². The van der Waals surface area contributed by atoms with Gasteiger partial charge < -0.3 is 11.1 Å². The van der Waals surface area contributed by atoms with Crippen LogP contribution in [0.5, 0.6) is 0 Å². The summed E-state index contributed by atoms with van der Waals surface area (Å²) in [6.45, 7) is 2.20. The van der Waals surface area contributed by atoms with Gasteiger partial charge in [0.25, 0.3) is 0 Å². The van der Waals surface area contributed by atoms with Crippen molar-refractivity contribution in [1.29, 1.82) is 0 Å². The smallest absolute Gasteiger partial charge is 0.329 e. The van der Waals surface area contributed by atoms with Crippen molar-refractivity contribution in [2.75, 3.05) is 11.1 Å². The van der Waals surface area contributed by atoms with Crippen LogP contribution in [0.25, 0.3) is 0 Å². The molecule has 0 spiro atoms. The summed E-state index contributed by atoms with van der Waals surface area (Å²) >= 11 is 0. The van der Waals surface area contributed by atoms with Crippen LogP contribution in [0, 0.1) is 22.0 Å². The van der Waals surface area contributed by atoms with Crippen LogP contribution in [0.3, 0.4) is 0 Å². The second-order valence-corrected chi connectivity index (χ2v) is 5.63. The van der Waals surface area contributed by atoms with Crippen LogP contribution in [0.2, 0.25) is 0 Å². The van der Waals surface area contributed by atoms with E-state index in [1.165, 1.54) is 0 Å². The number of hydrogen-bond acceptors (Lipinski definition) is 6. The Labute approximate surface area is 127 Å². The Morgan fingerprint density at radius 2 is 2.09 bits per heavy atom. The molecule has 2 aromatic rings. The van der Waals surface area contributed by atoms with E-state index in [4.69, 9.17) is 5.73 Å². The van der Waals surface area contributed by atoms with Gasteiger partial charge in [-0.15, -0.1) is 0 Å². The fourth-order valence-corrected chi connectivity index (χ4v) is 2.65. The molecule has 3 atom stereocenters. The van der Waals surface area contributed by atoms with Gasteiger partial charge in [0, 0.05) is 0 Å². The molecule has 7 heteroatoms. The van der Waals surface area contributed by atoms with Crippen molar-refractivity contribution in [3.8, 4) is 0 Å². The number of nitro groups is 1. The summed E-state index contributed by atoms with van der Waals surface area (Å²) in [5.74, 6) is 1.32. The third-order valence-electron chi connectivity index (χ3n) is 4.04. The van der Waals surface area contributed by atoms with Gasteiger partial charge in [0.05, 0.1) is 11.0 Å². The van der Waals surface area contributed by atoms with Gasteiger partial charge in [-0.1, -0.05) is 37.3 Å². The molecule has 1 saturated carbocycles. The third-order valence-corrected chi connectivity index (χ3v) is 4.04. The first-order valence-corrected chi connectivity index (χ1v) is 7.14. The highest BCUT2D eigenvalue weighted by molar-refractivity contribution is 5.53. The second kappa shape index (κ2) is 5.59. The number of benzene rings is 1. The molecule has 22 heavy (non-hydrogen) atoms. The zero-order valence-electron chi connectivity index (χ0n) is 12.1. The maximum absolute atomic E-state index is 10.8. The van der Waals surface area contributed by atoms with E-state index in [-0.39, 0.29) is 17.5 Å². The van der Waals surface area contributed by atoms with Crippen LogP contribution in [-0.4, -0.2) is 14.9 Å². The summed E-state index contributed by atoms with van der Waals surface area (Å²) in [6, 6.07) is 10.1. The Morgan fingerprint density at radius 1 is 1.41 bits per heavy atom. The molecular weight excluding hydrogens is 282 g/mol. The summed E-state index contributed by atoms with van der Waals surface area (Å²) in [6.07, 6.45) is 2.28. The van der Waals surface area contributed by atoms with E-state index in [1.54, 1.807) is 0 Å². The van der Waals surface area contributed by atoms with Gasteiger partial charge in [0.15, 0.2) is 0 Å². The monoisotopic (exact) mass is 299 g/mol. The lowest BCUT2D eigenvalue weighted by Crippen LogP contribution is -2.16. The number of nitrogens with zero attached hydrogens (tertiary/aromatic N) is 3.